The molecule has 1 atom stereocenters. The highest BCUT2D eigenvalue weighted by atomic mass is 35.5. The van der Waals surface area contributed by atoms with E-state index in [1.807, 2.05) is 0 Å². The fourth-order valence-electron chi connectivity index (χ4n) is 0.444. The Morgan fingerprint density at radius 2 is 2.38 bits per heavy atom. The summed E-state index contributed by atoms with van der Waals surface area (Å²) in [5, 5.41) is 7.78. The van der Waals surface area contributed by atoms with E-state index >= 15 is 0 Å². The van der Waals surface area contributed by atoms with Gasteiger partial charge in [-0.05, 0) is 0 Å². The molecule has 1 N–H and O–H groups in total. The molecule has 0 amide bonds. The van der Waals surface area contributed by atoms with Crippen molar-refractivity contribution in [2.75, 3.05) is 5.75 Å². The van der Waals surface area contributed by atoms with E-state index in [0.29, 0.717) is 5.25 Å². The molecule has 0 radical (unpaired) electrons. The molecule has 1 aliphatic heterocycles. The van der Waals surface area contributed by atoms with Gasteiger partial charge in [0.1, 0.15) is 4.38 Å². The van der Waals surface area contributed by atoms with Crippen LogP contribution in [0.1, 0.15) is 6.92 Å². The third-order valence-electron chi connectivity index (χ3n) is 0.757. The van der Waals surface area contributed by atoms with Crippen molar-refractivity contribution in [3.05, 3.63) is 0 Å². The van der Waals surface area contributed by atoms with Gasteiger partial charge in [0.2, 0.25) is 0 Å². The molecule has 0 bridgehead atoms. The monoisotopic (exact) mass is 169 g/mol. The largest absolute Gasteiger partial charge is 0.288 e. The third-order valence-corrected chi connectivity index (χ3v) is 3.32. The lowest BCUT2D eigenvalue weighted by Gasteiger charge is -1.89. The molecule has 1 fully saturated rings. The normalized spacial score (nSPS) is 27.6. The molecule has 48 valence electrons. The summed E-state index contributed by atoms with van der Waals surface area (Å²) in [4.78, 5) is 0. The lowest BCUT2D eigenvalue weighted by molar-refractivity contribution is 1.15. The molecule has 1 heterocycles. The minimum Gasteiger partial charge on any atom is -0.288 e. The van der Waals surface area contributed by atoms with Crippen LogP contribution in [0.4, 0.5) is 0 Å². The molecule has 1 saturated heterocycles. The van der Waals surface area contributed by atoms with Crippen LogP contribution >= 0.6 is 35.9 Å². The number of halogens is 1. The Labute approximate surface area is 63.9 Å². The smallest absolute Gasteiger partial charge is 0.122 e. The van der Waals surface area contributed by atoms with Gasteiger partial charge in [0.15, 0.2) is 0 Å². The van der Waals surface area contributed by atoms with Gasteiger partial charge in [0, 0.05) is 11.0 Å². The van der Waals surface area contributed by atoms with Gasteiger partial charge in [0.25, 0.3) is 0 Å². The van der Waals surface area contributed by atoms with Gasteiger partial charge in [-0.15, -0.1) is 12.4 Å². The lowest BCUT2D eigenvalue weighted by atomic mass is 10.6. The molecule has 0 spiro atoms. The van der Waals surface area contributed by atoms with Crippen LogP contribution < -0.4 is 0 Å². The fourth-order valence-corrected chi connectivity index (χ4v) is 2.64. The van der Waals surface area contributed by atoms with E-state index in [0.717, 1.165) is 10.1 Å². The second kappa shape index (κ2) is 3.64. The van der Waals surface area contributed by atoms with E-state index in [9.17, 15) is 0 Å². The Hall–Kier alpha value is 0.660. The molecule has 0 aromatic heterocycles. The summed E-state index contributed by atoms with van der Waals surface area (Å²) in [5.74, 6) is 1.13. The van der Waals surface area contributed by atoms with Crippen molar-refractivity contribution < 1.29 is 0 Å². The van der Waals surface area contributed by atoms with Crippen molar-refractivity contribution in [3.63, 3.8) is 0 Å². The van der Waals surface area contributed by atoms with Gasteiger partial charge in [-0.3, -0.25) is 5.41 Å². The Morgan fingerprint density at radius 3 is 2.50 bits per heavy atom. The molecule has 0 saturated carbocycles. The van der Waals surface area contributed by atoms with Crippen molar-refractivity contribution in [2.45, 2.75) is 12.2 Å². The Balaban J connectivity index is 0.000000490. The van der Waals surface area contributed by atoms with E-state index in [1.54, 1.807) is 23.5 Å². The maximum atomic E-state index is 7.10. The first kappa shape index (κ1) is 8.66. The minimum absolute atomic E-state index is 0. The first-order chi connectivity index (χ1) is 3.29. The zero-order chi connectivity index (χ0) is 5.28. The van der Waals surface area contributed by atoms with Gasteiger partial charge >= 0.3 is 0 Å². The Morgan fingerprint density at radius 1 is 1.75 bits per heavy atom. The summed E-state index contributed by atoms with van der Waals surface area (Å²) >= 11 is 3.32. The van der Waals surface area contributed by atoms with Crippen LogP contribution in [0.3, 0.4) is 0 Å². The average Bonchev–Trinajstić information content (AvgIpc) is 1.87. The van der Waals surface area contributed by atoms with Gasteiger partial charge < -0.3 is 0 Å². The number of thioether (sulfide) groups is 2. The van der Waals surface area contributed by atoms with Crippen molar-refractivity contribution in [3.8, 4) is 0 Å². The minimum atomic E-state index is 0. The van der Waals surface area contributed by atoms with Gasteiger partial charge in [-0.1, -0.05) is 30.4 Å². The van der Waals surface area contributed by atoms with Gasteiger partial charge in [-0.25, -0.2) is 0 Å². The van der Waals surface area contributed by atoms with Crippen molar-refractivity contribution in [1.82, 2.24) is 0 Å². The van der Waals surface area contributed by atoms with E-state index in [-0.39, 0.29) is 12.4 Å². The van der Waals surface area contributed by atoms with Crippen LogP contribution in [0.25, 0.3) is 0 Å². The standard InChI is InChI=1S/C4H7NS2.ClH/c1-3-2-6-4(5)7-3;/h3,5H,2H2,1H3;1H/t3-;/m0./s1. The molecule has 4 heteroatoms. The maximum absolute atomic E-state index is 7.10. The Bertz CT molecular complexity index is 96.0. The molecule has 1 rings (SSSR count). The van der Waals surface area contributed by atoms with Crippen molar-refractivity contribution >= 4 is 40.3 Å². The summed E-state index contributed by atoms with van der Waals surface area (Å²) in [6, 6.07) is 0. The number of hydrogen-bond donors (Lipinski definition) is 1. The summed E-state index contributed by atoms with van der Waals surface area (Å²) in [6.07, 6.45) is 0. The average molecular weight is 170 g/mol. The predicted octanol–water partition coefficient (Wildman–Crippen LogP) is 2.21. The van der Waals surface area contributed by atoms with E-state index < -0.39 is 0 Å². The summed E-state index contributed by atoms with van der Waals surface area (Å²) in [6.45, 7) is 2.15. The molecule has 0 aromatic carbocycles. The zero-order valence-electron chi connectivity index (χ0n) is 4.51. The predicted molar refractivity (Wildman–Crippen MR) is 44.5 cm³/mol. The first-order valence-corrected chi connectivity index (χ1v) is 4.03. The van der Waals surface area contributed by atoms with E-state index in [4.69, 9.17) is 5.41 Å². The van der Waals surface area contributed by atoms with Crippen LogP contribution in [-0.2, 0) is 0 Å². The molecule has 0 unspecified atom stereocenters. The van der Waals surface area contributed by atoms with E-state index in [1.165, 1.54) is 0 Å². The van der Waals surface area contributed by atoms with Crippen molar-refractivity contribution in [1.29, 1.82) is 5.41 Å². The maximum Gasteiger partial charge on any atom is 0.122 e. The highest BCUT2D eigenvalue weighted by Crippen LogP contribution is 2.30. The van der Waals surface area contributed by atoms with Crippen LogP contribution in [0, 0.1) is 5.41 Å². The molecule has 8 heavy (non-hydrogen) atoms. The molecule has 1 aliphatic rings. The number of nitrogens with one attached hydrogen (secondary N) is 1. The molecular formula is C4H8ClNS2. The summed E-state index contributed by atoms with van der Waals surface area (Å²) in [5.41, 5.74) is 0. The summed E-state index contributed by atoms with van der Waals surface area (Å²) in [7, 11) is 0. The van der Waals surface area contributed by atoms with Crippen LogP contribution in [-0.4, -0.2) is 15.4 Å². The second-order valence-corrected chi connectivity index (χ2v) is 4.26. The molecule has 0 aliphatic carbocycles. The quantitative estimate of drug-likeness (QED) is 0.601. The van der Waals surface area contributed by atoms with Crippen LogP contribution in [0.2, 0.25) is 0 Å². The first-order valence-electron chi connectivity index (χ1n) is 2.17. The fraction of sp³-hybridized carbons (Fsp3) is 0.750. The van der Waals surface area contributed by atoms with Crippen LogP contribution in [0.15, 0.2) is 0 Å². The Kier molecular flexibility index (Phi) is 3.94. The number of hydrogen-bond acceptors (Lipinski definition) is 3. The van der Waals surface area contributed by atoms with E-state index in [2.05, 4.69) is 6.92 Å². The van der Waals surface area contributed by atoms with Crippen LogP contribution in [0.5, 0.6) is 0 Å². The highest BCUT2D eigenvalue weighted by Gasteiger charge is 2.15. The number of rotatable bonds is 0. The van der Waals surface area contributed by atoms with Gasteiger partial charge in [0.05, 0.1) is 0 Å². The molecule has 0 aromatic rings. The lowest BCUT2D eigenvalue weighted by Crippen LogP contribution is -1.89. The zero-order valence-corrected chi connectivity index (χ0v) is 6.96. The SMILES string of the molecule is C[C@H]1CSC(=N)S1.Cl. The topological polar surface area (TPSA) is 23.9 Å². The summed E-state index contributed by atoms with van der Waals surface area (Å²) < 4.78 is 0.785. The highest BCUT2D eigenvalue weighted by molar-refractivity contribution is 8.41. The van der Waals surface area contributed by atoms with Gasteiger partial charge in [-0.2, -0.15) is 0 Å². The molecule has 1 nitrogen and oxygen atoms in total. The molecular weight excluding hydrogens is 162 g/mol. The van der Waals surface area contributed by atoms with Crippen molar-refractivity contribution in [2.24, 2.45) is 0 Å². The third kappa shape index (κ3) is 2.29. The second-order valence-electron chi connectivity index (χ2n) is 1.53.